The van der Waals surface area contributed by atoms with Crippen LogP contribution in [0.15, 0.2) is 29.3 Å². The number of aliphatic imine (C=N–C) groups is 1. The zero-order chi connectivity index (χ0) is 20.0. The maximum atomic E-state index is 11.1. The molecule has 0 bridgehead atoms. The van der Waals surface area contributed by atoms with Gasteiger partial charge in [0.2, 0.25) is 10.0 Å². The van der Waals surface area contributed by atoms with Crippen molar-refractivity contribution in [3.8, 4) is 5.75 Å². The Hall–Kier alpha value is -1.84. The molecule has 1 aromatic rings. The van der Waals surface area contributed by atoms with Gasteiger partial charge in [-0.3, -0.25) is 0 Å². The van der Waals surface area contributed by atoms with E-state index in [1.165, 1.54) is 0 Å². The average Bonchev–Trinajstić information content (AvgIpc) is 2.64. The molecule has 0 amide bonds. The van der Waals surface area contributed by atoms with Crippen molar-refractivity contribution in [1.82, 2.24) is 15.4 Å². The molecule has 1 rings (SSSR count). The molecule has 0 aliphatic rings. The van der Waals surface area contributed by atoms with Gasteiger partial charge in [-0.1, -0.05) is 12.1 Å². The van der Waals surface area contributed by atoms with Gasteiger partial charge in [-0.25, -0.2) is 18.1 Å². The third kappa shape index (κ3) is 12.2. The van der Waals surface area contributed by atoms with Crippen LogP contribution in [0.2, 0.25) is 0 Å². The Labute approximate surface area is 162 Å². The average molecular weight is 401 g/mol. The van der Waals surface area contributed by atoms with E-state index in [1.807, 2.05) is 31.2 Å². The fourth-order valence-corrected chi connectivity index (χ4v) is 2.67. The highest BCUT2D eigenvalue weighted by atomic mass is 32.2. The minimum atomic E-state index is -3.15. The lowest BCUT2D eigenvalue weighted by molar-refractivity contribution is 0.145. The van der Waals surface area contributed by atoms with Crippen molar-refractivity contribution in [2.45, 2.75) is 26.3 Å². The monoisotopic (exact) mass is 400 g/mol. The molecule has 1 aromatic carbocycles. The summed E-state index contributed by atoms with van der Waals surface area (Å²) in [5, 5.41) is 6.50. The van der Waals surface area contributed by atoms with Crippen molar-refractivity contribution in [3.05, 3.63) is 29.8 Å². The highest BCUT2D eigenvalue weighted by Crippen LogP contribution is 2.11. The Morgan fingerprint density at radius 1 is 1.07 bits per heavy atom. The molecule has 0 unspecified atom stereocenters. The molecule has 0 spiro atoms. The predicted molar refractivity (Wildman–Crippen MR) is 109 cm³/mol. The van der Waals surface area contributed by atoms with Crippen LogP contribution in [-0.2, 0) is 21.3 Å². The zero-order valence-corrected chi connectivity index (χ0v) is 17.3. The molecule has 3 N–H and O–H groups in total. The fourth-order valence-electron chi connectivity index (χ4n) is 2.15. The van der Waals surface area contributed by atoms with Gasteiger partial charge in [0.05, 0.1) is 19.9 Å². The highest BCUT2D eigenvalue weighted by Gasteiger charge is 2.02. The fraction of sp³-hybridized carbons (Fsp3) is 0.611. The Morgan fingerprint density at radius 3 is 2.33 bits per heavy atom. The van der Waals surface area contributed by atoms with Gasteiger partial charge in [-0.2, -0.15) is 0 Å². The quantitative estimate of drug-likeness (QED) is 0.260. The van der Waals surface area contributed by atoms with Gasteiger partial charge >= 0.3 is 0 Å². The van der Waals surface area contributed by atoms with Crippen molar-refractivity contribution >= 4 is 16.0 Å². The molecular formula is C18H32N4O4S. The molecule has 0 saturated heterocycles. The summed E-state index contributed by atoms with van der Waals surface area (Å²) in [6.07, 6.45) is 2.70. The summed E-state index contributed by atoms with van der Waals surface area (Å²) in [4.78, 5) is 4.59. The Balaban J connectivity index is 2.49. The third-order valence-electron chi connectivity index (χ3n) is 3.55. The number of nitrogens with zero attached hydrogens (tertiary/aromatic N) is 1. The molecule has 154 valence electrons. The first kappa shape index (κ1) is 23.2. The van der Waals surface area contributed by atoms with Crippen LogP contribution >= 0.6 is 0 Å². The van der Waals surface area contributed by atoms with Crippen LogP contribution in [-0.4, -0.2) is 60.6 Å². The van der Waals surface area contributed by atoms with E-state index in [9.17, 15) is 8.42 Å². The van der Waals surface area contributed by atoms with Gasteiger partial charge in [0.25, 0.3) is 0 Å². The number of ether oxygens (including phenoxy) is 2. The molecule has 0 aliphatic carbocycles. The number of guanidine groups is 1. The number of methoxy groups -OCH3 is 1. The number of benzene rings is 1. The minimum absolute atomic E-state index is 0.391. The summed E-state index contributed by atoms with van der Waals surface area (Å²) in [7, 11) is -1.51. The van der Waals surface area contributed by atoms with Crippen LogP contribution in [0.25, 0.3) is 0 Å². The summed E-state index contributed by atoms with van der Waals surface area (Å²) in [5.74, 6) is 1.51. The van der Waals surface area contributed by atoms with Gasteiger partial charge in [0.1, 0.15) is 5.75 Å². The molecule has 0 aliphatic heterocycles. The predicted octanol–water partition coefficient (Wildman–Crippen LogP) is 1.10. The second kappa shape index (κ2) is 13.3. The van der Waals surface area contributed by atoms with Crippen LogP contribution in [0.1, 0.15) is 25.3 Å². The van der Waals surface area contributed by atoms with E-state index in [0.29, 0.717) is 45.2 Å². The van der Waals surface area contributed by atoms with Crippen LogP contribution in [0.5, 0.6) is 5.75 Å². The summed E-state index contributed by atoms with van der Waals surface area (Å²) < 4.78 is 35.1. The molecule has 0 saturated carbocycles. The lowest BCUT2D eigenvalue weighted by Gasteiger charge is -2.13. The van der Waals surface area contributed by atoms with E-state index in [4.69, 9.17) is 9.47 Å². The van der Waals surface area contributed by atoms with Crippen molar-refractivity contribution < 1.29 is 17.9 Å². The van der Waals surface area contributed by atoms with Crippen LogP contribution in [0.4, 0.5) is 0 Å². The number of sulfonamides is 1. The van der Waals surface area contributed by atoms with Crippen LogP contribution in [0, 0.1) is 0 Å². The van der Waals surface area contributed by atoms with E-state index in [1.54, 1.807) is 7.11 Å². The second-order valence-corrected chi connectivity index (χ2v) is 7.77. The van der Waals surface area contributed by atoms with E-state index in [0.717, 1.165) is 30.5 Å². The van der Waals surface area contributed by atoms with Gasteiger partial charge in [0.15, 0.2) is 5.96 Å². The number of hydrogen-bond acceptors (Lipinski definition) is 5. The normalized spacial score (nSPS) is 12.0. The number of hydrogen-bond donors (Lipinski definition) is 3. The van der Waals surface area contributed by atoms with Gasteiger partial charge in [-0.05, 0) is 37.5 Å². The van der Waals surface area contributed by atoms with E-state index in [-0.39, 0.29) is 0 Å². The molecule has 0 fully saturated rings. The topological polar surface area (TPSA) is 101 Å². The second-order valence-electron chi connectivity index (χ2n) is 5.94. The standard InChI is InChI=1S/C18H32N4O4S/c1-4-26-14-6-12-20-18(19-11-5-13-22-27(3,23)24)21-15-16-7-9-17(25-2)10-8-16/h7-10,22H,4-6,11-15H2,1-3H3,(H2,19,20,21). The number of nitrogens with one attached hydrogen (secondary N) is 3. The Kier molecular flexibility index (Phi) is 11.5. The summed E-state index contributed by atoms with van der Waals surface area (Å²) in [5.41, 5.74) is 1.07. The lowest BCUT2D eigenvalue weighted by Crippen LogP contribution is -2.39. The first-order chi connectivity index (χ1) is 12.9. The van der Waals surface area contributed by atoms with Crippen LogP contribution in [0.3, 0.4) is 0 Å². The lowest BCUT2D eigenvalue weighted by atomic mass is 10.2. The van der Waals surface area contributed by atoms with Gasteiger partial charge in [-0.15, -0.1) is 0 Å². The summed E-state index contributed by atoms with van der Waals surface area (Å²) in [6, 6.07) is 7.77. The maximum Gasteiger partial charge on any atom is 0.208 e. The molecule has 9 heteroatoms. The number of rotatable bonds is 13. The smallest absolute Gasteiger partial charge is 0.208 e. The van der Waals surface area contributed by atoms with Crippen LogP contribution < -0.4 is 20.1 Å². The molecular weight excluding hydrogens is 368 g/mol. The van der Waals surface area contributed by atoms with E-state index < -0.39 is 10.0 Å². The van der Waals surface area contributed by atoms with Gasteiger partial charge in [0, 0.05) is 32.8 Å². The molecule has 0 aromatic heterocycles. The molecule has 8 nitrogen and oxygen atoms in total. The molecule has 27 heavy (non-hydrogen) atoms. The molecule has 0 atom stereocenters. The van der Waals surface area contributed by atoms with E-state index in [2.05, 4.69) is 20.3 Å². The first-order valence-electron chi connectivity index (χ1n) is 9.12. The SMILES string of the molecule is CCOCCCNC(=NCc1ccc(OC)cc1)NCCCNS(C)(=O)=O. The minimum Gasteiger partial charge on any atom is -0.497 e. The Bertz CT molecular complexity index is 648. The van der Waals surface area contributed by atoms with Crippen molar-refractivity contribution in [2.75, 3.05) is 46.2 Å². The van der Waals surface area contributed by atoms with Crippen molar-refractivity contribution in [2.24, 2.45) is 4.99 Å². The summed E-state index contributed by atoms with van der Waals surface area (Å²) >= 11 is 0. The third-order valence-corrected chi connectivity index (χ3v) is 4.28. The zero-order valence-electron chi connectivity index (χ0n) is 16.5. The van der Waals surface area contributed by atoms with E-state index >= 15 is 0 Å². The highest BCUT2D eigenvalue weighted by molar-refractivity contribution is 7.88. The maximum absolute atomic E-state index is 11.1. The molecule has 0 heterocycles. The summed E-state index contributed by atoms with van der Waals surface area (Å²) in [6.45, 7) is 5.67. The van der Waals surface area contributed by atoms with Crippen molar-refractivity contribution in [3.63, 3.8) is 0 Å². The van der Waals surface area contributed by atoms with Crippen molar-refractivity contribution in [1.29, 1.82) is 0 Å². The molecule has 0 radical (unpaired) electrons. The van der Waals surface area contributed by atoms with Gasteiger partial charge < -0.3 is 20.1 Å². The Morgan fingerprint density at radius 2 is 1.74 bits per heavy atom. The largest absolute Gasteiger partial charge is 0.497 e. The first-order valence-corrected chi connectivity index (χ1v) is 11.0.